The van der Waals surface area contributed by atoms with Gasteiger partial charge in [0, 0.05) is 5.56 Å². The van der Waals surface area contributed by atoms with E-state index in [0.29, 0.717) is 5.75 Å². The Labute approximate surface area is 156 Å². The number of nitro groups is 1. The van der Waals surface area contributed by atoms with Gasteiger partial charge < -0.3 is 9.84 Å². The maximum atomic E-state index is 10.3. The Hall–Kier alpha value is -2.04. The molecule has 0 spiro atoms. The van der Waals surface area contributed by atoms with Crippen LogP contribution in [0.5, 0.6) is 11.5 Å². The van der Waals surface area contributed by atoms with Crippen LogP contribution in [0.1, 0.15) is 74.1 Å². The Morgan fingerprint density at radius 3 is 2.54 bits per heavy atom. The lowest BCUT2D eigenvalue weighted by molar-refractivity contribution is -0.402. The first-order valence-corrected chi connectivity index (χ1v) is 9.56. The smallest absolute Gasteiger partial charge is 0.230 e. The Kier molecular flexibility index (Phi) is 6.68. The van der Waals surface area contributed by atoms with E-state index < -0.39 is 4.92 Å². The van der Waals surface area contributed by atoms with Gasteiger partial charge in [-0.25, -0.2) is 0 Å². The molecule has 1 unspecified atom stereocenters. The normalized spacial score (nSPS) is 19.4. The lowest BCUT2D eigenvalue weighted by Crippen LogP contribution is -2.37. The van der Waals surface area contributed by atoms with Gasteiger partial charge >= 0.3 is 0 Å². The third-order valence-corrected chi connectivity index (χ3v) is 5.65. The summed E-state index contributed by atoms with van der Waals surface area (Å²) in [5, 5.41) is 20.5. The first kappa shape index (κ1) is 20.3. The van der Waals surface area contributed by atoms with Gasteiger partial charge in [0.2, 0.25) is 6.20 Å². The first-order chi connectivity index (χ1) is 12.2. The highest BCUT2D eigenvalue weighted by Crippen LogP contribution is 2.44. The molecule has 0 fully saturated rings. The van der Waals surface area contributed by atoms with Crippen molar-refractivity contribution in [2.75, 3.05) is 0 Å². The fourth-order valence-corrected chi connectivity index (χ4v) is 3.75. The van der Waals surface area contributed by atoms with Crippen molar-refractivity contribution >= 4 is 0 Å². The van der Waals surface area contributed by atoms with Crippen LogP contribution in [0.2, 0.25) is 0 Å². The van der Waals surface area contributed by atoms with Crippen LogP contribution >= 0.6 is 0 Å². The van der Waals surface area contributed by atoms with E-state index >= 15 is 0 Å². The van der Waals surface area contributed by atoms with Crippen molar-refractivity contribution in [3.8, 4) is 11.5 Å². The second-order valence-corrected chi connectivity index (χ2v) is 7.71. The van der Waals surface area contributed by atoms with E-state index in [1.54, 1.807) is 6.08 Å². The zero-order valence-electron chi connectivity index (χ0n) is 16.4. The minimum Gasteiger partial charge on any atom is -0.507 e. The maximum Gasteiger partial charge on any atom is 0.230 e. The summed E-state index contributed by atoms with van der Waals surface area (Å²) >= 11 is 0. The second kappa shape index (κ2) is 8.56. The summed E-state index contributed by atoms with van der Waals surface area (Å²) in [5.74, 6) is 1.37. The molecule has 0 bridgehead atoms. The van der Waals surface area contributed by atoms with Gasteiger partial charge in [-0.2, -0.15) is 0 Å². The molecule has 1 heterocycles. The van der Waals surface area contributed by atoms with Gasteiger partial charge in [-0.05, 0) is 89.0 Å². The summed E-state index contributed by atoms with van der Waals surface area (Å²) in [5.41, 5.74) is 3.91. The van der Waals surface area contributed by atoms with Crippen LogP contribution in [0, 0.1) is 30.9 Å². The van der Waals surface area contributed by atoms with Crippen molar-refractivity contribution < 1.29 is 14.8 Å². The zero-order valence-corrected chi connectivity index (χ0v) is 16.4. The Bertz CT molecular complexity index is 696. The summed E-state index contributed by atoms with van der Waals surface area (Å²) in [6.45, 7) is 8.13. The number of unbranched alkanes of at least 4 members (excludes halogenated alkanes) is 4. The van der Waals surface area contributed by atoms with Crippen molar-refractivity contribution in [2.45, 2.75) is 84.7 Å². The molecule has 0 radical (unpaired) electrons. The number of allylic oxidation sites excluding steroid dienone is 1. The van der Waals surface area contributed by atoms with Crippen LogP contribution in [-0.2, 0) is 6.42 Å². The predicted molar refractivity (Wildman–Crippen MR) is 104 cm³/mol. The molecule has 0 aromatic heterocycles. The zero-order chi connectivity index (χ0) is 19.3. The van der Waals surface area contributed by atoms with E-state index in [1.807, 2.05) is 20.8 Å². The van der Waals surface area contributed by atoms with Gasteiger partial charge in [0.15, 0.2) is 0 Å². The Morgan fingerprint density at radius 2 is 1.85 bits per heavy atom. The standard InChI is InChI=1S/C21H31NO4/c1-15-16(2)20-18(17(3)19(15)23)11-13-21(4,26-20)12-9-7-5-6-8-10-14-22(24)25/h10,14,23H,5-9,11-13H2,1-4H3. The maximum absolute atomic E-state index is 10.3. The second-order valence-electron chi connectivity index (χ2n) is 7.71. The molecule has 1 aromatic carbocycles. The van der Waals surface area contributed by atoms with Crippen molar-refractivity contribution in [3.63, 3.8) is 0 Å². The van der Waals surface area contributed by atoms with Crippen molar-refractivity contribution in [1.29, 1.82) is 0 Å². The number of hydrogen-bond acceptors (Lipinski definition) is 4. The molecular weight excluding hydrogens is 330 g/mol. The highest BCUT2D eigenvalue weighted by atomic mass is 16.6. The Balaban J connectivity index is 1.86. The van der Waals surface area contributed by atoms with E-state index in [1.165, 1.54) is 0 Å². The fraction of sp³-hybridized carbons (Fsp3) is 0.619. The van der Waals surface area contributed by atoms with Crippen LogP contribution in [0.15, 0.2) is 12.3 Å². The number of aromatic hydroxyl groups is 1. The number of rotatable bonds is 8. The molecule has 1 N–H and O–H groups in total. The third-order valence-electron chi connectivity index (χ3n) is 5.65. The Morgan fingerprint density at radius 1 is 1.15 bits per heavy atom. The molecule has 1 atom stereocenters. The van der Waals surface area contributed by atoms with Crippen LogP contribution in [0.25, 0.3) is 0 Å². The summed E-state index contributed by atoms with van der Waals surface area (Å²) in [6.07, 6.45) is 10.6. The average molecular weight is 361 g/mol. The molecule has 26 heavy (non-hydrogen) atoms. The van der Waals surface area contributed by atoms with E-state index in [9.17, 15) is 15.2 Å². The van der Waals surface area contributed by atoms with Crippen LogP contribution in [0.3, 0.4) is 0 Å². The molecule has 144 valence electrons. The number of fused-ring (bicyclic) bond motifs is 1. The topological polar surface area (TPSA) is 72.6 Å². The van der Waals surface area contributed by atoms with Gasteiger partial charge in [0.1, 0.15) is 17.1 Å². The van der Waals surface area contributed by atoms with Gasteiger partial charge in [-0.1, -0.05) is 12.8 Å². The minimum absolute atomic E-state index is 0.154. The highest BCUT2D eigenvalue weighted by Gasteiger charge is 2.33. The lowest BCUT2D eigenvalue weighted by atomic mass is 9.84. The number of phenolic OH excluding ortho intramolecular Hbond substituents is 1. The number of benzene rings is 1. The van der Waals surface area contributed by atoms with Crippen LogP contribution < -0.4 is 4.74 Å². The predicted octanol–water partition coefficient (Wildman–Crippen LogP) is 5.53. The van der Waals surface area contributed by atoms with E-state index in [0.717, 1.165) is 85.6 Å². The third kappa shape index (κ3) is 4.77. The summed E-state index contributed by atoms with van der Waals surface area (Å²) < 4.78 is 6.44. The summed E-state index contributed by atoms with van der Waals surface area (Å²) in [4.78, 5) is 9.80. The van der Waals surface area contributed by atoms with Crippen molar-refractivity contribution in [2.24, 2.45) is 0 Å². The van der Waals surface area contributed by atoms with Crippen LogP contribution in [0.4, 0.5) is 0 Å². The van der Waals surface area contributed by atoms with Gasteiger partial charge in [-0.15, -0.1) is 0 Å². The molecule has 5 nitrogen and oxygen atoms in total. The van der Waals surface area contributed by atoms with E-state index in [2.05, 4.69) is 6.92 Å². The number of nitrogens with zero attached hydrogens (tertiary/aromatic N) is 1. The molecule has 5 heteroatoms. The van der Waals surface area contributed by atoms with Gasteiger partial charge in [0.25, 0.3) is 0 Å². The quantitative estimate of drug-likeness (QED) is 0.375. The molecule has 0 amide bonds. The number of hydrogen-bond donors (Lipinski definition) is 1. The molecule has 1 aliphatic rings. The van der Waals surface area contributed by atoms with Gasteiger partial charge in [0.05, 0.1) is 4.92 Å². The molecule has 0 saturated heterocycles. The molecule has 1 aliphatic heterocycles. The van der Waals surface area contributed by atoms with Crippen LogP contribution in [-0.4, -0.2) is 15.6 Å². The fourth-order valence-electron chi connectivity index (χ4n) is 3.75. The number of ether oxygens (including phenoxy) is 1. The monoisotopic (exact) mass is 361 g/mol. The van der Waals surface area contributed by atoms with E-state index in [-0.39, 0.29) is 5.60 Å². The number of phenols is 1. The molecule has 2 rings (SSSR count). The molecule has 0 aliphatic carbocycles. The summed E-state index contributed by atoms with van der Waals surface area (Å²) in [7, 11) is 0. The minimum atomic E-state index is -0.412. The molecular formula is C21H31NO4. The summed E-state index contributed by atoms with van der Waals surface area (Å²) in [6, 6.07) is 0. The largest absolute Gasteiger partial charge is 0.507 e. The molecule has 0 saturated carbocycles. The van der Waals surface area contributed by atoms with Crippen molar-refractivity contribution in [1.82, 2.24) is 0 Å². The lowest BCUT2D eigenvalue weighted by Gasteiger charge is -2.38. The van der Waals surface area contributed by atoms with Gasteiger partial charge in [-0.3, -0.25) is 10.1 Å². The average Bonchev–Trinajstić information content (AvgIpc) is 2.60. The highest BCUT2D eigenvalue weighted by molar-refractivity contribution is 5.58. The van der Waals surface area contributed by atoms with Crippen molar-refractivity contribution in [3.05, 3.63) is 44.6 Å². The molecule has 1 aromatic rings. The van der Waals surface area contributed by atoms with E-state index in [4.69, 9.17) is 4.74 Å². The first-order valence-electron chi connectivity index (χ1n) is 9.56. The SMILES string of the molecule is Cc1c(C)c2c(c(C)c1O)CCC(C)(CCCCCCC=C[N+](=O)[O-])O2.